The molecule has 0 aliphatic carbocycles. The van der Waals surface area contributed by atoms with Crippen molar-refractivity contribution in [3.8, 4) is 17.0 Å². The van der Waals surface area contributed by atoms with Crippen LogP contribution in [0.2, 0.25) is 0 Å². The van der Waals surface area contributed by atoms with E-state index in [9.17, 15) is 13.2 Å². The molecule has 21 heavy (non-hydrogen) atoms. The molecule has 108 valence electrons. The average molecular weight is 294 g/mol. The first-order valence-corrected chi connectivity index (χ1v) is 5.96. The molecule has 0 aliphatic heterocycles. The Morgan fingerprint density at radius 3 is 2.48 bits per heavy atom. The Hall–Kier alpha value is -2.64. The maximum absolute atomic E-state index is 12.1. The number of nitrogens with zero attached hydrogens (tertiary/aromatic N) is 4. The summed E-state index contributed by atoms with van der Waals surface area (Å²) in [6.45, 7) is 1.80. The minimum atomic E-state index is -4.70. The summed E-state index contributed by atoms with van der Waals surface area (Å²) >= 11 is 0. The fraction of sp³-hybridized carbons (Fsp3) is 0.154. The molecule has 0 saturated heterocycles. The molecule has 0 aliphatic rings. The molecule has 2 aromatic heterocycles. The third kappa shape index (κ3) is 2.78. The Labute approximate surface area is 117 Å². The lowest BCUT2D eigenvalue weighted by atomic mass is 10.1. The van der Waals surface area contributed by atoms with Crippen LogP contribution in [-0.2, 0) is 0 Å². The Morgan fingerprint density at radius 1 is 1.10 bits per heavy atom. The van der Waals surface area contributed by atoms with Gasteiger partial charge in [0.25, 0.3) is 0 Å². The van der Waals surface area contributed by atoms with Crippen LogP contribution in [0.1, 0.15) is 5.82 Å². The van der Waals surface area contributed by atoms with Gasteiger partial charge in [0.05, 0.1) is 11.9 Å². The lowest BCUT2D eigenvalue weighted by Crippen LogP contribution is -2.16. The second kappa shape index (κ2) is 4.72. The third-order valence-electron chi connectivity index (χ3n) is 2.85. The predicted octanol–water partition coefficient (Wildman–Crippen LogP) is 3.00. The number of halogens is 3. The van der Waals surface area contributed by atoms with Gasteiger partial charge in [-0.2, -0.15) is 0 Å². The zero-order valence-electron chi connectivity index (χ0n) is 10.8. The minimum absolute atomic E-state index is 0.271. The van der Waals surface area contributed by atoms with Crippen LogP contribution in [0, 0.1) is 6.92 Å². The van der Waals surface area contributed by atoms with E-state index in [-0.39, 0.29) is 5.75 Å². The van der Waals surface area contributed by atoms with Gasteiger partial charge in [0.1, 0.15) is 11.6 Å². The van der Waals surface area contributed by atoms with Crippen molar-refractivity contribution in [2.24, 2.45) is 0 Å². The molecule has 3 rings (SSSR count). The zero-order chi connectivity index (χ0) is 15.0. The Morgan fingerprint density at radius 2 is 1.81 bits per heavy atom. The largest absolute Gasteiger partial charge is 0.573 e. The fourth-order valence-electron chi connectivity index (χ4n) is 1.89. The van der Waals surface area contributed by atoms with Crippen LogP contribution in [0.4, 0.5) is 13.2 Å². The normalized spacial score (nSPS) is 11.8. The van der Waals surface area contributed by atoms with E-state index in [0.29, 0.717) is 22.7 Å². The maximum atomic E-state index is 12.1. The van der Waals surface area contributed by atoms with Gasteiger partial charge in [0.2, 0.25) is 0 Å². The van der Waals surface area contributed by atoms with E-state index in [1.807, 2.05) is 0 Å². The summed E-state index contributed by atoms with van der Waals surface area (Å²) in [4.78, 5) is 4.21. The van der Waals surface area contributed by atoms with Crippen LogP contribution >= 0.6 is 0 Å². The Bertz CT molecular complexity index is 780. The maximum Gasteiger partial charge on any atom is 0.573 e. The van der Waals surface area contributed by atoms with Gasteiger partial charge in [0.15, 0.2) is 5.65 Å². The van der Waals surface area contributed by atoms with E-state index in [4.69, 9.17) is 0 Å². The van der Waals surface area contributed by atoms with E-state index in [0.717, 1.165) is 0 Å². The van der Waals surface area contributed by atoms with Crippen molar-refractivity contribution >= 4 is 5.65 Å². The number of rotatable bonds is 2. The monoisotopic (exact) mass is 294 g/mol. The van der Waals surface area contributed by atoms with E-state index in [2.05, 4.69) is 19.9 Å². The van der Waals surface area contributed by atoms with Gasteiger partial charge in [-0.1, -0.05) is 0 Å². The van der Waals surface area contributed by atoms with Crippen molar-refractivity contribution in [1.29, 1.82) is 0 Å². The molecule has 1 aromatic carbocycles. The van der Waals surface area contributed by atoms with E-state index in [1.165, 1.54) is 24.3 Å². The number of aromatic nitrogens is 4. The molecule has 0 unspecified atom stereocenters. The van der Waals surface area contributed by atoms with Crippen LogP contribution in [0.5, 0.6) is 5.75 Å². The van der Waals surface area contributed by atoms with Gasteiger partial charge < -0.3 is 4.74 Å². The molecule has 0 saturated carbocycles. The molecule has 8 heteroatoms. The first-order valence-electron chi connectivity index (χ1n) is 5.96. The number of ether oxygens (including phenoxy) is 1. The second-order valence-electron chi connectivity index (χ2n) is 4.32. The summed E-state index contributed by atoms with van der Waals surface area (Å²) in [5.74, 6) is 0.429. The van der Waals surface area contributed by atoms with Crippen molar-refractivity contribution in [3.05, 3.63) is 42.5 Å². The van der Waals surface area contributed by atoms with Crippen molar-refractivity contribution < 1.29 is 17.9 Å². The smallest absolute Gasteiger partial charge is 0.406 e. The van der Waals surface area contributed by atoms with Crippen LogP contribution in [0.3, 0.4) is 0 Å². The van der Waals surface area contributed by atoms with Gasteiger partial charge in [0, 0.05) is 11.8 Å². The fourth-order valence-corrected chi connectivity index (χ4v) is 1.89. The number of hydrogen-bond donors (Lipinski definition) is 0. The van der Waals surface area contributed by atoms with Gasteiger partial charge in [-0.05, 0) is 31.2 Å². The zero-order valence-corrected chi connectivity index (χ0v) is 10.8. The molecule has 5 nitrogen and oxygen atoms in total. The van der Waals surface area contributed by atoms with Crippen LogP contribution < -0.4 is 4.74 Å². The van der Waals surface area contributed by atoms with Crippen molar-refractivity contribution in [2.75, 3.05) is 0 Å². The van der Waals surface area contributed by atoms with E-state index in [1.54, 1.807) is 23.7 Å². The molecular weight excluding hydrogens is 285 g/mol. The quantitative estimate of drug-likeness (QED) is 0.729. The third-order valence-corrected chi connectivity index (χ3v) is 2.85. The molecule has 2 heterocycles. The molecule has 0 fully saturated rings. The van der Waals surface area contributed by atoms with Crippen molar-refractivity contribution in [3.63, 3.8) is 0 Å². The predicted molar refractivity (Wildman–Crippen MR) is 67.6 cm³/mol. The van der Waals surface area contributed by atoms with E-state index < -0.39 is 6.36 Å². The van der Waals surface area contributed by atoms with Crippen LogP contribution in [0.25, 0.3) is 16.9 Å². The molecular formula is C13H9F3N4O. The summed E-state index contributed by atoms with van der Waals surface area (Å²) < 4.78 is 41.9. The highest BCUT2D eigenvalue weighted by atomic mass is 19.4. The molecule has 0 amide bonds. The molecule has 3 aromatic rings. The minimum Gasteiger partial charge on any atom is -0.406 e. The Balaban J connectivity index is 1.93. The molecule has 0 spiro atoms. The van der Waals surface area contributed by atoms with Crippen LogP contribution in [-0.4, -0.2) is 25.9 Å². The summed E-state index contributed by atoms with van der Waals surface area (Å²) in [5, 5.41) is 7.83. The highest BCUT2D eigenvalue weighted by molar-refractivity contribution is 5.60. The first-order chi connectivity index (χ1) is 9.92. The summed E-state index contributed by atoms with van der Waals surface area (Å²) in [5.41, 5.74) is 1.87. The number of hydrogen-bond acceptors (Lipinski definition) is 4. The highest BCUT2D eigenvalue weighted by Gasteiger charge is 2.30. The summed E-state index contributed by atoms with van der Waals surface area (Å²) in [6, 6.07) is 5.51. The van der Waals surface area contributed by atoms with Gasteiger partial charge in [-0.15, -0.1) is 23.4 Å². The second-order valence-corrected chi connectivity index (χ2v) is 4.32. The molecule has 0 atom stereocenters. The number of aryl methyl sites for hydroxylation is 1. The Kier molecular flexibility index (Phi) is 3.00. The van der Waals surface area contributed by atoms with E-state index >= 15 is 0 Å². The average Bonchev–Trinajstić information content (AvgIpc) is 2.79. The highest BCUT2D eigenvalue weighted by Crippen LogP contribution is 2.25. The SMILES string of the molecule is Cc1nnc2cnc(-c3ccc(OC(F)(F)F)cc3)cn12. The lowest BCUT2D eigenvalue weighted by molar-refractivity contribution is -0.274. The van der Waals surface area contributed by atoms with Crippen LogP contribution in [0.15, 0.2) is 36.7 Å². The molecule has 0 N–H and O–H groups in total. The van der Waals surface area contributed by atoms with Gasteiger partial charge >= 0.3 is 6.36 Å². The van der Waals surface area contributed by atoms with Gasteiger partial charge in [-0.25, -0.2) is 0 Å². The summed E-state index contributed by atoms with van der Waals surface area (Å²) in [7, 11) is 0. The summed E-state index contributed by atoms with van der Waals surface area (Å²) in [6.07, 6.45) is -1.42. The van der Waals surface area contributed by atoms with Gasteiger partial charge in [-0.3, -0.25) is 9.38 Å². The number of benzene rings is 1. The topological polar surface area (TPSA) is 52.3 Å². The standard InChI is InChI=1S/C13H9F3N4O/c1-8-18-19-12-6-17-11(7-20(8)12)9-2-4-10(5-3-9)21-13(14,15)16/h2-7H,1H3. The van der Waals surface area contributed by atoms with Crippen molar-refractivity contribution in [1.82, 2.24) is 19.6 Å². The molecule has 0 radical (unpaired) electrons. The first kappa shape index (κ1) is 13.3. The number of alkyl halides is 3. The molecule has 0 bridgehead atoms. The number of fused-ring (bicyclic) bond motifs is 1. The lowest BCUT2D eigenvalue weighted by Gasteiger charge is -2.09. The van der Waals surface area contributed by atoms with Crippen molar-refractivity contribution in [2.45, 2.75) is 13.3 Å².